The van der Waals surface area contributed by atoms with Crippen LogP contribution >= 0.6 is 0 Å². The van der Waals surface area contributed by atoms with Gasteiger partial charge in [0.15, 0.2) is 0 Å². The number of hydrogen-bond acceptors (Lipinski definition) is 3. The van der Waals surface area contributed by atoms with Crippen molar-refractivity contribution in [1.29, 1.82) is 0 Å². The molecule has 4 heterocycles. The van der Waals surface area contributed by atoms with Crippen molar-refractivity contribution in [3.8, 4) is 28.4 Å². The first-order valence-electron chi connectivity index (χ1n) is 15.6. The van der Waals surface area contributed by atoms with Crippen molar-refractivity contribution in [2.24, 2.45) is 0 Å². The zero-order valence-corrected chi connectivity index (χ0v) is 25.8. The van der Waals surface area contributed by atoms with Crippen molar-refractivity contribution in [2.75, 3.05) is 0 Å². The van der Waals surface area contributed by atoms with E-state index in [0.29, 0.717) is 0 Å². The van der Waals surface area contributed by atoms with Gasteiger partial charge in [0, 0.05) is 46.2 Å². The molecule has 5 nitrogen and oxygen atoms in total. The highest BCUT2D eigenvalue weighted by Gasteiger charge is 2.16. The zero-order chi connectivity index (χ0) is 30.9. The van der Waals surface area contributed by atoms with Crippen molar-refractivity contribution in [1.82, 2.24) is 18.9 Å². The molecule has 9 aromatic rings. The molecular weight excluding hydrogens is 564 g/mol. The summed E-state index contributed by atoms with van der Waals surface area (Å²) in [5, 5.41) is 5.72. The minimum Gasteiger partial charge on any atom is -0.457 e. The second-order valence-electron chi connectivity index (χ2n) is 12.2. The van der Waals surface area contributed by atoms with Gasteiger partial charge in [-0.2, -0.15) is 0 Å². The van der Waals surface area contributed by atoms with Gasteiger partial charge in [0.2, 0.25) is 0 Å². The summed E-state index contributed by atoms with van der Waals surface area (Å²) in [5.41, 5.74) is 10.6. The first kappa shape index (κ1) is 26.5. The lowest BCUT2D eigenvalue weighted by Gasteiger charge is -2.15. The van der Waals surface area contributed by atoms with Crippen LogP contribution in [0.1, 0.15) is 16.7 Å². The minimum atomic E-state index is 0.763. The average molecular weight is 595 g/mol. The summed E-state index contributed by atoms with van der Waals surface area (Å²) in [6, 6.07) is 38.4. The Morgan fingerprint density at radius 1 is 0.543 bits per heavy atom. The lowest BCUT2D eigenvalue weighted by Crippen LogP contribution is -1.96. The lowest BCUT2D eigenvalue weighted by molar-refractivity contribution is 0.484. The molecule has 0 aliphatic heterocycles. The van der Waals surface area contributed by atoms with Gasteiger partial charge in [-0.3, -0.25) is 8.97 Å². The Morgan fingerprint density at radius 2 is 1.26 bits per heavy atom. The molecule has 0 aliphatic carbocycles. The average Bonchev–Trinajstić information content (AvgIpc) is 3.68. The van der Waals surface area contributed by atoms with Crippen molar-refractivity contribution < 1.29 is 4.74 Å². The van der Waals surface area contributed by atoms with E-state index in [9.17, 15) is 0 Å². The monoisotopic (exact) mass is 594 g/mol. The van der Waals surface area contributed by atoms with Gasteiger partial charge in [-0.15, -0.1) is 0 Å². The van der Waals surface area contributed by atoms with Crippen LogP contribution in [0.4, 0.5) is 0 Å². The number of pyridine rings is 2. The first-order valence-corrected chi connectivity index (χ1v) is 15.6. The summed E-state index contributed by atoms with van der Waals surface area (Å²) in [6.07, 6.45) is 5.76. The minimum absolute atomic E-state index is 0.763. The molecule has 0 N–H and O–H groups in total. The van der Waals surface area contributed by atoms with E-state index >= 15 is 0 Å². The molecular formula is C41H30N4O. The number of hydrogen-bond donors (Lipinski definition) is 0. The van der Waals surface area contributed by atoms with E-state index < -0.39 is 0 Å². The van der Waals surface area contributed by atoms with E-state index in [0.717, 1.165) is 55.7 Å². The van der Waals surface area contributed by atoms with Crippen LogP contribution in [0.3, 0.4) is 0 Å². The third-order valence-corrected chi connectivity index (χ3v) is 9.15. The third kappa shape index (κ3) is 4.02. The third-order valence-electron chi connectivity index (χ3n) is 9.15. The number of para-hydroxylation sites is 1. The number of aryl methyl sites for hydroxylation is 3. The van der Waals surface area contributed by atoms with E-state index in [1.165, 1.54) is 38.6 Å². The van der Waals surface area contributed by atoms with Crippen LogP contribution in [0, 0.1) is 20.8 Å². The molecule has 0 fully saturated rings. The Hall–Kier alpha value is -5.94. The van der Waals surface area contributed by atoms with Gasteiger partial charge >= 0.3 is 0 Å². The summed E-state index contributed by atoms with van der Waals surface area (Å²) in [6.45, 7) is 6.55. The van der Waals surface area contributed by atoms with Gasteiger partial charge in [-0.1, -0.05) is 54.1 Å². The summed E-state index contributed by atoms with van der Waals surface area (Å²) >= 11 is 0. The van der Waals surface area contributed by atoms with Crippen LogP contribution in [-0.4, -0.2) is 18.9 Å². The van der Waals surface area contributed by atoms with E-state index in [4.69, 9.17) is 9.72 Å². The number of ether oxygens (including phenoxy) is 1. The molecule has 220 valence electrons. The SMILES string of the molecule is Cc1cc(C)c(-c2ccc3c4ccc(Oc5ccc6c7ccccc7n(-c7ccccn7)c6c5)cc4c4nccn4c3c2)c(C)c1. The van der Waals surface area contributed by atoms with Crippen molar-refractivity contribution in [2.45, 2.75) is 20.8 Å². The Morgan fingerprint density at radius 3 is 2.09 bits per heavy atom. The highest BCUT2D eigenvalue weighted by atomic mass is 16.5. The second-order valence-corrected chi connectivity index (χ2v) is 12.2. The van der Waals surface area contributed by atoms with Crippen LogP contribution in [0.25, 0.3) is 66.1 Å². The van der Waals surface area contributed by atoms with E-state index in [1.807, 2.05) is 42.9 Å². The number of nitrogens with zero attached hydrogens (tertiary/aromatic N) is 4. The maximum absolute atomic E-state index is 6.56. The van der Waals surface area contributed by atoms with Crippen LogP contribution in [0.2, 0.25) is 0 Å². The van der Waals surface area contributed by atoms with Gasteiger partial charge < -0.3 is 4.74 Å². The van der Waals surface area contributed by atoms with Gasteiger partial charge in [-0.25, -0.2) is 9.97 Å². The maximum atomic E-state index is 6.56. The van der Waals surface area contributed by atoms with E-state index in [1.54, 1.807) is 0 Å². The van der Waals surface area contributed by atoms with Crippen LogP contribution in [0.5, 0.6) is 11.5 Å². The Labute approximate surface area is 266 Å². The summed E-state index contributed by atoms with van der Waals surface area (Å²) < 4.78 is 11.0. The summed E-state index contributed by atoms with van der Waals surface area (Å²) in [5.74, 6) is 2.40. The molecule has 0 unspecified atom stereocenters. The molecule has 0 amide bonds. The van der Waals surface area contributed by atoms with Gasteiger partial charge in [-0.05, 0) is 103 Å². The fourth-order valence-electron chi connectivity index (χ4n) is 7.34. The maximum Gasteiger partial charge on any atom is 0.145 e. The molecule has 9 rings (SSSR count). The Balaban J connectivity index is 1.17. The van der Waals surface area contributed by atoms with Crippen molar-refractivity contribution in [3.63, 3.8) is 0 Å². The summed E-state index contributed by atoms with van der Waals surface area (Å²) in [7, 11) is 0. The normalized spacial score (nSPS) is 11.8. The molecule has 0 radical (unpaired) electrons. The fraction of sp³-hybridized carbons (Fsp3) is 0.0732. The number of imidazole rings is 1. The summed E-state index contributed by atoms with van der Waals surface area (Å²) in [4.78, 5) is 9.47. The molecule has 5 aromatic carbocycles. The van der Waals surface area contributed by atoms with Crippen LogP contribution in [-0.2, 0) is 0 Å². The van der Waals surface area contributed by atoms with E-state index in [-0.39, 0.29) is 0 Å². The topological polar surface area (TPSA) is 44.3 Å². The standard InChI is InChI=1S/C41H30N4O/c1-25-20-26(2)40(27(3)21-25)28-11-14-33-31-15-12-29(23-35(31)41-43-18-19-44(41)37(33)22-28)46-30-13-16-34-32-8-4-5-9-36(32)45(38(34)24-30)39-10-6-7-17-42-39/h4-24H,1-3H3. The van der Waals surface area contributed by atoms with Crippen LogP contribution < -0.4 is 4.74 Å². The van der Waals surface area contributed by atoms with Gasteiger partial charge in [0.05, 0.1) is 16.6 Å². The fourth-order valence-corrected chi connectivity index (χ4v) is 7.34. The second kappa shape index (κ2) is 10.0. The molecule has 0 spiro atoms. The number of fused-ring (bicyclic) bond motifs is 9. The largest absolute Gasteiger partial charge is 0.457 e. The molecule has 4 aromatic heterocycles. The smallest absolute Gasteiger partial charge is 0.145 e. The molecule has 0 saturated heterocycles. The molecule has 0 aliphatic rings. The van der Waals surface area contributed by atoms with Crippen LogP contribution in [0.15, 0.2) is 128 Å². The predicted molar refractivity (Wildman–Crippen MR) is 189 cm³/mol. The number of benzene rings is 5. The Bertz CT molecular complexity index is 2620. The van der Waals surface area contributed by atoms with Gasteiger partial charge in [0.1, 0.15) is 23.0 Å². The number of aromatic nitrogens is 4. The molecule has 0 atom stereocenters. The predicted octanol–water partition coefficient (Wildman–Crippen LogP) is 10.5. The highest BCUT2D eigenvalue weighted by Crippen LogP contribution is 2.38. The number of rotatable bonds is 4. The molecule has 0 bridgehead atoms. The van der Waals surface area contributed by atoms with Crippen molar-refractivity contribution >= 4 is 49.1 Å². The van der Waals surface area contributed by atoms with Crippen molar-refractivity contribution in [3.05, 3.63) is 144 Å². The molecule has 46 heavy (non-hydrogen) atoms. The first-order chi connectivity index (χ1) is 22.5. The van der Waals surface area contributed by atoms with Gasteiger partial charge in [0.25, 0.3) is 0 Å². The van der Waals surface area contributed by atoms with E-state index in [2.05, 4.69) is 120 Å². The highest BCUT2D eigenvalue weighted by molar-refractivity contribution is 6.13. The molecule has 0 saturated carbocycles. The zero-order valence-electron chi connectivity index (χ0n) is 25.8. The Kier molecular flexibility index (Phi) is 5.78. The quantitative estimate of drug-likeness (QED) is 0.190. The molecule has 5 heteroatoms. The lowest BCUT2D eigenvalue weighted by atomic mass is 9.92.